The predicted molar refractivity (Wildman–Crippen MR) is 63.7 cm³/mol. The standard InChI is InChI=1S/C13H16N2O/c1-10-2-4-11(5-3-10)8-13(15-14)12-6-7-16-9-12/h2-7,9,13,15H,8,14H2,1H3. The van der Waals surface area contributed by atoms with Gasteiger partial charge in [0.25, 0.3) is 0 Å². The molecule has 1 atom stereocenters. The zero-order chi connectivity index (χ0) is 11.4. The lowest BCUT2D eigenvalue weighted by Gasteiger charge is -2.14. The molecule has 0 bridgehead atoms. The molecule has 0 saturated carbocycles. The number of benzene rings is 1. The second-order valence-electron chi connectivity index (χ2n) is 3.97. The number of hydrogen-bond donors (Lipinski definition) is 2. The van der Waals surface area contributed by atoms with E-state index in [9.17, 15) is 0 Å². The number of rotatable bonds is 4. The summed E-state index contributed by atoms with van der Waals surface area (Å²) in [5.41, 5.74) is 6.41. The van der Waals surface area contributed by atoms with Gasteiger partial charge >= 0.3 is 0 Å². The molecule has 0 spiro atoms. The molecule has 1 aromatic heterocycles. The van der Waals surface area contributed by atoms with Gasteiger partial charge in [0.1, 0.15) is 0 Å². The molecule has 1 aromatic carbocycles. The fourth-order valence-corrected chi connectivity index (χ4v) is 1.71. The van der Waals surface area contributed by atoms with Gasteiger partial charge in [0.2, 0.25) is 0 Å². The Bertz CT molecular complexity index is 420. The monoisotopic (exact) mass is 216 g/mol. The molecule has 84 valence electrons. The van der Waals surface area contributed by atoms with Crippen molar-refractivity contribution in [1.82, 2.24) is 5.43 Å². The van der Waals surface area contributed by atoms with Crippen LogP contribution in [0.25, 0.3) is 0 Å². The molecule has 16 heavy (non-hydrogen) atoms. The van der Waals surface area contributed by atoms with Crippen LogP contribution in [0.1, 0.15) is 22.7 Å². The van der Waals surface area contributed by atoms with Crippen LogP contribution in [0.4, 0.5) is 0 Å². The van der Waals surface area contributed by atoms with Crippen molar-refractivity contribution in [1.29, 1.82) is 0 Å². The van der Waals surface area contributed by atoms with Crippen LogP contribution in [0.15, 0.2) is 47.3 Å². The lowest BCUT2D eigenvalue weighted by molar-refractivity contribution is 0.525. The zero-order valence-corrected chi connectivity index (χ0v) is 9.31. The minimum Gasteiger partial charge on any atom is -0.472 e. The maximum Gasteiger partial charge on any atom is 0.0950 e. The highest BCUT2D eigenvalue weighted by molar-refractivity contribution is 5.24. The molecule has 0 fully saturated rings. The average Bonchev–Trinajstić information content (AvgIpc) is 2.82. The number of hydrogen-bond acceptors (Lipinski definition) is 3. The molecule has 2 rings (SSSR count). The van der Waals surface area contributed by atoms with Crippen molar-refractivity contribution in [2.75, 3.05) is 0 Å². The number of aryl methyl sites for hydroxylation is 1. The van der Waals surface area contributed by atoms with E-state index in [4.69, 9.17) is 10.3 Å². The van der Waals surface area contributed by atoms with E-state index < -0.39 is 0 Å². The third-order valence-corrected chi connectivity index (χ3v) is 2.71. The Kier molecular flexibility index (Phi) is 3.39. The second kappa shape index (κ2) is 4.96. The van der Waals surface area contributed by atoms with Gasteiger partial charge in [-0.3, -0.25) is 11.3 Å². The maximum absolute atomic E-state index is 5.55. The molecule has 3 heteroatoms. The summed E-state index contributed by atoms with van der Waals surface area (Å²) < 4.78 is 5.06. The molecule has 0 amide bonds. The van der Waals surface area contributed by atoms with Gasteiger partial charge in [-0.15, -0.1) is 0 Å². The zero-order valence-electron chi connectivity index (χ0n) is 9.31. The Morgan fingerprint density at radius 2 is 2.00 bits per heavy atom. The summed E-state index contributed by atoms with van der Waals surface area (Å²) in [7, 11) is 0. The number of nitrogens with two attached hydrogens (primary N) is 1. The van der Waals surface area contributed by atoms with E-state index in [1.165, 1.54) is 11.1 Å². The molecule has 3 nitrogen and oxygen atoms in total. The molecular weight excluding hydrogens is 200 g/mol. The van der Waals surface area contributed by atoms with Gasteiger partial charge in [0.05, 0.1) is 18.6 Å². The van der Waals surface area contributed by atoms with Crippen molar-refractivity contribution in [3.63, 3.8) is 0 Å². The molecular formula is C13H16N2O. The smallest absolute Gasteiger partial charge is 0.0950 e. The normalized spacial score (nSPS) is 12.6. The third-order valence-electron chi connectivity index (χ3n) is 2.71. The maximum atomic E-state index is 5.55. The first kappa shape index (κ1) is 10.9. The van der Waals surface area contributed by atoms with Crippen LogP contribution in [0.3, 0.4) is 0 Å². The molecule has 0 aliphatic carbocycles. The molecule has 1 unspecified atom stereocenters. The first-order valence-corrected chi connectivity index (χ1v) is 5.33. The summed E-state index contributed by atoms with van der Waals surface area (Å²) >= 11 is 0. The van der Waals surface area contributed by atoms with Crippen LogP contribution in [-0.2, 0) is 6.42 Å². The van der Waals surface area contributed by atoms with E-state index in [1.54, 1.807) is 12.5 Å². The third kappa shape index (κ3) is 2.51. The second-order valence-corrected chi connectivity index (χ2v) is 3.97. The lowest BCUT2D eigenvalue weighted by Crippen LogP contribution is -2.29. The summed E-state index contributed by atoms with van der Waals surface area (Å²) in [5, 5.41) is 0. The highest BCUT2D eigenvalue weighted by atomic mass is 16.3. The topological polar surface area (TPSA) is 51.2 Å². The number of hydrazine groups is 1. The van der Waals surface area contributed by atoms with E-state index in [-0.39, 0.29) is 6.04 Å². The summed E-state index contributed by atoms with van der Waals surface area (Å²) in [6, 6.07) is 10.5. The molecule has 0 saturated heterocycles. The molecule has 2 aromatic rings. The van der Waals surface area contributed by atoms with Gasteiger partial charge in [-0.2, -0.15) is 0 Å². The predicted octanol–water partition coefficient (Wildman–Crippen LogP) is 2.34. The lowest BCUT2D eigenvalue weighted by atomic mass is 10.0. The molecule has 1 heterocycles. The first-order valence-electron chi connectivity index (χ1n) is 5.33. The quantitative estimate of drug-likeness (QED) is 0.609. The van der Waals surface area contributed by atoms with Crippen LogP contribution in [0.5, 0.6) is 0 Å². The summed E-state index contributed by atoms with van der Waals surface area (Å²) in [6.07, 6.45) is 4.24. The van der Waals surface area contributed by atoms with Crippen LogP contribution in [-0.4, -0.2) is 0 Å². The van der Waals surface area contributed by atoms with E-state index in [0.29, 0.717) is 0 Å². The first-order chi connectivity index (χ1) is 7.79. The highest BCUT2D eigenvalue weighted by Crippen LogP contribution is 2.18. The van der Waals surface area contributed by atoms with E-state index in [1.807, 2.05) is 6.07 Å². The van der Waals surface area contributed by atoms with Gasteiger partial charge < -0.3 is 4.42 Å². The Labute approximate surface area is 95.2 Å². The van der Waals surface area contributed by atoms with Gasteiger partial charge in [-0.05, 0) is 25.0 Å². The van der Waals surface area contributed by atoms with Gasteiger partial charge in [-0.1, -0.05) is 29.8 Å². The minimum absolute atomic E-state index is 0.0986. The molecule has 0 aliphatic rings. The fourth-order valence-electron chi connectivity index (χ4n) is 1.71. The highest BCUT2D eigenvalue weighted by Gasteiger charge is 2.11. The van der Waals surface area contributed by atoms with Crippen LogP contribution < -0.4 is 11.3 Å². The number of furan rings is 1. The van der Waals surface area contributed by atoms with E-state index >= 15 is 0 Å². The van der Waals surface area contributed by atoms with Crippen molar-refractivity contribution in [3.05, 3.63) is 59.5 Å². The molecule has 0 radical (unpaired) electrons. The minimum atomic E-state index is 0.0986. The van der Waals surface area contributed by atoms with Crippen molar-refractivity contribution in [2.24, 2.45) is 5.84 Å². The van der Waals surface area contributed by atoms with Crippen molar-refractivity contribution < 1.29 is 4.42 Å². The van der Waals surface area contributed by atoms with E-state index in [2.05, 4.69) is 36.6 Å². The summed E-state index contributed by atoms with van der Waals surface area (Å²) in [6.45, 7) is 2.08. The van der Waals surface area contributed by atoms with Crippen LogP contribution in [0.2, 0.25) is 0 Å². The van der Waals surface area contributed by atoms with Gasteiger partial charge in [0, 0.05) is 5.56 Å². The molecule has 0 aliphatic heterocycles. The van der Waals surface area contributed by atoms with Gasteiger partial charge in [0.15, 0.2) is 0 Å². The fraction of sp³-hybridized carbons (Fsp3) is 0.231. The Hall–Kier alpha value is -1.58. The van der Waals surface area contributed by atoms with Crippen molar-refractivity contribution in [3.8, 4) is 0 Å². The number of nitrogens with one attached hydrogen (secondary N) is 1. The summed E-state index contributed by atoms with van der Waals surface area (Å²) in [4.78, 5) is 0. The summed E-state index contributed by atoms with van der Waals surface area (Å²) in [5.74, 6) is 5.55. The van der Waals surface area contributed by atoms with Crippen LogP contribution >= 0.6 is 0 Å². The Balaban J connectivity index is 2.10. The van der Waals surface area contributed by atoms with Gasteiger partial charge in [-0.25, -0.2) is 0 Å². The Morgan fingerprint density at radius 3 is 2.56 bits per heavy atom. The average molecular weight is 216 g/mol. The SMILES string of the molecule is Cc1ccc(CC(NN)c2ccoc2)cc1. The largest absolute Gasteiger partial charge is 0.472 e. The molecule has 3 N–H and O–H groups in total. The van der Waals surface area contributed by atoms with Crippen LogP contribution in [0, 0.1) is 6.92 Å². The van der Waals surface area contributed by atoms with Crippen molar-refractivity contribution >= 4 is 0 Å². The Morgan fingerprint density at radius 1 is 1.25 bits per heavy atom. The van der Waals surface area contributed by atoms with Crippen molar-refractivity contribution in [2.45, 2.75) is 19.4 Å². The van der Waals surface area contributed by atoms with E-state index in [0.717, 1.165) is 12.0 Å².